The summed E-state index contributed by atoms with van der Waals surface area (Å²) in [5.74, 6) is -1.22. The van der Waals surface area contributed by atoms with Crippen LogP contribution in [0.4, 0.5) is 0 Å². The van der Waals surface area contributed by atoms with Crippen LogP contribution >= 0.6 is 0 Å². The Labute approximate surface area is 124 Å². The van der Waals surface area contributed by atoms with Crippen LogP contribution in [0.2, 0.25) is 0 Å². The largest absolute Gasteiger partial charge is 0.484 e. The van der Waals surface area contributed by atoms with Gasteiger partial charge in [-0.2, -0.15) is 0 Å². The van der Waals surface area contributed by atoms with Gasteiger partial charge in [-0.15, -0.1) is 6.58 Å². The molecule has 21 heavy (non-hydrogen) atoms. The van der Waals surface area contributed by atoms with E-state index < -0.39 is 11.9 Å². The SMILES string of the molecule is C=CCN(CC(C)C(=O)O)C(=O)COc1ccc(C)cc1. The van der Waals surface area contributed by atoms with Crippen molar-refractivity contribution in [3.63, 3.8) is 0 Å². The number of benzene rings is 1. The summed E-state index contributed by atoms with van der Waals surface area (Å²) in [5.41, 5.74) is 1.11. The van der Waals surface area contributed by atoms with Gasteiger partial charge in [0.15, 0.2) is 6.61 Å². The standard InChI is InChI=1S/C16H21NO4/c1-4-9-17(10-13(3)16(19)20)15(18)11-21-14-7-5-12(2)6-8-14/h4-8,13H,1,9-11H2,2-3H3,(H,19,20). The molecule has 0 bridgehead atoms. The van der Waals surface area contributed by atoms with Crippen molar-refractivity contribution in [3.05, 3.63) is 42.5 Å². The van der Waals surface area contributed by atoms with Crippen LogP contribution in [0.25, 0.3) is 0 Å². The van der Waals surface area contributed by atoms with Crippen molar-refractivity contribution in [1.82, 2.24) is 4.90 Å². The summed E-state index contributed by atoms with van der Waals surface area (Å²) in [6.45, 7) is 7.42. The molecule has 0 saturated carbocycles. The fourth-order valence-electron chi connectivity index (χ4n) is 1.71. The van der Waals surface area contributed by atoms with Gasteiger partial charge in [-0.05, 0) is 19.1 Å². The van der Waals surface area contributed by atoms with Crippen LogP contribution in [0.15, 0.2) is 36.9 Å². The van der Waals surface area contributed by atoms with Gasteiger partial charge in [-0.1, -0.05) is 30.7 Å². The topological polar surface area (TPSA) is 66.8 Å². The fraction of sp³-hybridized carbons (Fsp3) is 0.375. The lowest BCUT2D eigenvalue weighted by Gasteiger charge is -2.23. The molecule has 0 aliphatic rings. The van der Waals surface area contributed by atoms with E-state index >= 15 is 0 Å². The Morgan fingerprint density at radius 2 is 2.00 bits per heavy atom. The Kier molecular flexibility index (Phi) is 6.46. The summed E-state index contributed by atoms with van der Waals surface area (Å²) in [4.78, 5) is 24.4. The highest BCUT2D eigenvalue weighted by Gasteiger charge is 2.19. The molecule has 1 aromatic carbocycles. The number of amides is 1. The second kappa shape index (κ2) is 8.09. The minimum Gasteiger partial charge on any atom is -0.484 e. The van der Waals surface area contributed by atoms with Crippen molar-refractivity contribution in [2.24, 2.45) is 5.92 Å². The molecular formula is C16H21NO4. The number of carboxylic acid groups (broad SMARTS) is 1. The first kappa shape index (κ1) is 16.8. The molecule has 5 heteroatoms. The highest BCUT2D eigenvalue weighted by atomic mass is 16.5. The van der Waals surface area contributed by atoms with Crippen LogP contribution in [-0.2, 0) is 9.59 Å². The summed E-state index contributed by atoms with van der Waals surface area (Å²) < 4.78 is 5.42. The normalized spacial score (nSPS) is 11.5. The summed E-state index contributed by atoms with van der Waals surface area (Å²) in [7, 11) is 0. The van der Waals surface area contributed by atoms with Crippen molar-refractivity contribution < 1.29 is 19.4 Å². The molecule has 0 aliphatic heterocycles. The number of hydrogen-bond acceptors (Lipinski definition) is 3. The van der Waals surface area contributed by atoms with Crippen LogP contribution in [0.1, 0.15) is 12.5 Å². The maximum absolute atomic E-state index is 12.1. The maximum atomic E-state index is 12.1. The van der Waals surface area contributed by atoms with Gasteiger partial charge in [-0.3, -0.25) is 9.59 Å². The lowest BCUT2D eigenvalue weighted by atomic mass is 10.1. The molecule has 1 rings (SSSR count). The zero-order valence-corrected chi connectivity index (χ0v) is 12.4. The molecule has 1 N–H and O–H groups in total. The Morgan fingerprint density at radius 1 is 1.38 bits per heavy atom. The predicted molar refractivity (Wildman–Crippen MR) is 80.3 cm³/mol. The molecule has 0 spiro atoms. The fourth-order valence-corrected chi connectivity index (χ4v) is 1.71. The molecule has 0 radical (unpaired) electrons. The first-order valence-electron chi connectivity index (χ1n) is 6.75. The number of aryl methyl sites for hydroxylation is 1. The Bertz CT molecular complexity index is 496. The highest BCUT2D eigenvalue weighted by molar-refractivity contribution is 5.79. The summed E-state index contributed by atoms with van der Waals surface area (Å²) in [5, 5.41) is 8.92. The smallest absolute Gasteiger partial charge is 0.308 e. The third-order valence-corrected chi connectivity index (χ3v) is 3.00. The zero-order chi connectivity index (χ0) is 15.8. The first-order chi connectivity index (χ1) is 9.93. The molecule has 5 nitrogen and oxygen atoms in total. The van der Waals surface area contributed by atoms with E-state index in [9.17, 15) is 9.59 Å². The van der Waals surface area contributed by atoms with Crippen LogP contribution in [0.3, 0.4) is 0 Å². The second-order valence-electron chi connectivity index (χ2n) is 4.93. The number of carbonyl (C=O) groups is 2. The van der Waals surface area contributed by atoms with E-state index in [2.05, 4.69) is 6.58 Å². The number of carboxylic acids is 1. The van der Waals surface area contributed by atoms with Crippen LogP contribution < -0.4 is 4.74 Å². The zero-order valence-electron chi connectivity index (χ0n) is 12.4. The molecule has 1 amide bonds. The number of rotatable bonds is 8. The molecule has 0 heterocycles. The minimum atomic E-state index is -0.934. The molecule has 0 aliphatic carbocycles. The Morgan fingerprint density at radius 3 is 2.52 bits per heavy atom. The quantitative estimate of drug-likeness (QED) is 0.745. The van der Waals surface area contributed by atoms with Crippen molar-refractivity contribution in [2.75, 3.05) is 19.7 Å². The molecular weight excluding hydrogens is 270 g/mol. The van der Waals surface area contributed by atoms with E-state index in [1.807, 2.05) is 19.1 Å². The van der Waals surface area contributed by atoms with E-state index in [1.54, 1.807) is 25.1 Å². The van der Waals surface area contributed by atoms with Gasteiger partial charge in [0.05, 0.1) is 5.92 Å². The van der Waals surface area contributed by atoms with Gasteiger partial charge >= 0.3 is 5.97 Å². The molecule has 0 saturated heterocycles. The van der Waals surface area contributed by atoms with Crippen molar-refractivity contribution >= 4 is 11.9 Å². The lowest BCUT2D eigenvalue weighted by Crippen LogP contribution is -2.39. The molecule has 1 atom stereocenters. The molecule has 0 fully saturated rings. The number of ether oxygens (including phenoxy) is 1. The Hall–Kier alpha value is -2.30. The predicted octanol–water partition coefficient (Wildman–Crippen LogP) is 2.11. The van der Waals surface area contributed by atoms with Crippen LogP contribution in [0.5, 0.6) is 5.75 Å². The molecule has 1 unspecified atom stereocenters. The van der Waals surface area contributed by atoms with Gasteiger partial charge in [0.1, 0.15) is 5.75 Å². The summed E-state index contributed by atoms with van der Waals surface area (Å²) in [6, 6.07) is 7.38. The third kappa shape index (κ3) is 5.69. The van der Waals surface area contributed by atoms with Gasteiger partial charge in [-0.25, -0.2) is 0 Å². The summed E-state index contributed by atoms with van der Waals surface area (Å²) in [6.07, 6.45) is 1.57. The van der Waals surface area contributed by atoms with Gasteiger partial charge in [0.25, 0.3) is 5.91 Å². The lowest BCUT2D eigenvalue weighted by molar-refractivity contribution is -0.143. The van der Waals surface area contributed by atoms with Gasteiger partial charge < -0.3 is 14.7 Å². The van der Waals surface area contributed by atoms with E-state index in [0.29, 0.717) is 12.3 Å². The van der Waals surface area contributed by atoms with E-state index in [4.69, 9.17) is 9.84 Å². The average Bonchev–Trinajstić information content (AvgIpc) is 2.45. The average molecular weight is 291 g/mol. The minimum absolute atomic E-state index is 0.122. The van der Waals surface area contributed by atoms with Gasteiger partial charge in [0.2, 0.25) is 0 Å². The first-order valence-corrected chi connectivity index (χ1v) is 6.75. The number of aliphatic carboxylic acids is 1. The Balaban J connectivity index is 2.57. The van der Waals surface area contributed by atoms with Crippen molar-refractivity contribution in [2.45, 2.75) is 13.8 Å². The maximum Gasteiger partial charge on any atom is 0.308 e. The number of hydrogen-bond donors (Lipinski definition) is 1. The number of carbonyl (C=O) groups excluding carboxylic acids is 1. The van der Waals surface area contributed by atoms with Gasteiger partial charge in [0, 0.05) is 13.1 Å². The highest BCUT2D eigenvalue weighted by Crippen LogP contribution is 2.11. The van der Waals surface area contributed by atoms with E-state index in [0.717, 1.165) is 5.56 Å². The second-order valence-corrected chi connectivity index (χ2v) is 4.93. The third-order valence-electron chi connectivity index (χ3n) is 3.00. The van der Waals surface area contributed by atoms with E-state index in [-0.39, 0.29) is 19.1 Å². The number of nitrogens with zero attached hydrogens (tertiary/aromatic N) is 1. The molecule has 1 aromatic rings. The van der Waals surface area contributed by atoms with E-state index in [1.165, 1.54) is 4.90 Å². The van der Waals surface area contributed by atoms with Crippen molar-refractivity contribution in [3.8, 4) is 5.75 Å². The molecule has 114 valence electrons. The van der Waals surface area contributed by atoms with Crippen LogP contribution in [-0.4, -0.2) is 41.6 Å². The molecule has 0 aromatic heterocycles. The monoisotopic (exact) mass is 291 g/mol. The van der Waals surface area contributed by atoms with Crippen molar-refractivity contribution in [1.29, 1.82) is 0 Å². The summed E-state index contributed by atoms with van der Waals surface area (Å²) >= 11 is 0. The van der Waals surface area contributed by atoms with Crippen LogP contribution in [0, 0.1) is 12.8 Å².